The van der Waals surface area contributed by atoms with Crippen molar-refractivity contribution in [2.24, 2.45) is 0 Å². The largest absolute Gasteiger partial charge is 0.495 e. The van der Waals surface area contributed by atoms with Crippen LogP contribution in [0.25, 0.3) is 0 Å². The van der Waals surface area contributed by atoms with Gasteiger partial charge in [-0.2, -0.15) is 0 Å². The van der Waals surface area contributed by atoms with Gasteiger partial charge in [-0.3, -0.25) is 14.0 Å². The SMILES string of the molecule is COc1ccc(N(CC(=O)NCc2ccc(CN3CCCCC3)cc2)S(C)(=O)=O)cc1Cl. The lowest BCUT2D eigenvalue weighted by Crippen LogP contribution is -2.40. The summed E-state index contributed by atoms with van der Waals surface area (Å²) in [5.41, 5.74) is 2.51. The van der Waals surface area contributed by atoms with Crippen molar-refractivity contribution in [2.45, 2.75) is 32.4 Å². The zero-order valence-corrected chi connectivity index (χ0v) is 20.1. The number of nitrogens with one attached hydrogen (secondary N) is 1. The summed E-state index contributed by atoms with van der Waals surface area (Å²) in [7, 11) is -2.21. The second-order valence-electron chi connectivity index (χ2n) is 8.02. The summed E-state index contributed by atoms with van der Waals surface area (Å²) in [6.45, 7) is 3.22. The maximum atomic E-state index is 12.5. The second kappa shape index (κ2) is 11.0. The molecule has 2 aromatic carbocycles. The predicted molar refractivity (Wildman–Crippen MR) is 128 cm³/mol. The topological polar surface area (TPSA) is 79.0 Å². The fourth-order valence-electron chi connectivity index (χ4n) is 3.74. The standard InChI is InChI=1S/C23H30ClN3O4S/c1-31-22-11-10-20(14-21(22)24)27(32(2,29)30)17-23(28)25-15-18-6-8-19(9-7-18)16-26-12-4-3-5-13-26/h6-11,14H,3-5,12-13,15-17H2,1-2H3,(H,25,28). The number of ether oxygens (including phenoxy) is 1. The highest BCUT2D eigenvalue weighted by molar-refractivity contribution is 7.92. The molecule has 9 heteroatoms. The number of hydrogen-bond acceptors (Lipinski definition) is 5. The van der Waals surface area contributed by atoms with E-state index in [1.54, 1.807) is 12.1 Å². The third-order valence-electron chi connectivity index (χ3n) is 5.48. The van der Waals surface area contributed by atoms with Crippen LogP contribution in [-0.2, 0) is 27.9 Å². The molecule has 1 amide bonds. The van der Waals surface area contributed by atoms with Gasteiger partial charge in [-0.25, -0.2) is 8.42 Å². The molecule has 174 valence electrons. The third kappa shape index (κ3) is 6.85. The number of anilines is 1. The first-order chi connectivity index (χ1) is 15.3. The quantitative estimate of drug-likeness (QED) is 0.596. The third-order valence-corrected chi connectivity index (χ3v) is 6.91. The van der Waals surface area contributed by atoms with Crippen LogP contribution in [0.15, 0.2) is 42.5 Å². The molecule has 0 saturated carbocycles. The lowest BCUT2D eigenvalue weighted by Gasteiger charge is -2.26. The molecule has 1 aliphatic heterocycles. The lowest BCUT2D eigenvalue weighted by molar-refractivity contribution is -0.119. The predicted octanol–water partition coefficient (Wildman–Crippen LogP) is 3.42. The van der Waals surface area contributed by atoms with Gasteiger partial charge in [0.25, 0.3) is 0 Å². The molecule has 1 aliphatic rings. The molecule has 1 fully saturated rings. The second-order valence-corrected chi connectivity index (χ2v) is 10.3. The summed E-state index contributed by atoms with van der Waals surface area (Å²) < 4.78 is 30.7. The minimum atomic E-state index is -3.68. The van der Waals surface area contributed by atoms with Crippen LogP contribution in [-0.4, -0.2) is 52.2 Å². The summed E-state index contributed by atoms with van der Waals surface area (Å²) in [5.74, 6) is 0.0248. The van der Waals surface area contributed by atoms with Gasteiger partial charge in [-0.1, -0.05) is 42.3 Å². The minimum Gasteiger partial charge on any atom is -0.495 e. The van der Waals surface area contributed by atoms with Crippen molar-refractivity contribution in [3.63, 3.8) is 0 Å². The van der Waals surface area contributed by atoms with Gasteiger partial charge in [0.15, 0.2) is 0 Å². The molecule has 0 unspecified atom stereocenters. The van der Waals surface area contributed by atoms with Crippen molar-refractivity contribution >= 4 is 33.2 Å². The maximum absolute atomic E-state index is 12.5. The smallest absolute Gasteiger partial charge is 0.241 e. The van der Waals surface area contributed by atoms with Crippen molar-refractivity contribution in [3.8, 4) is 5.75 Å². The first kappa shape index (κ1) is 24.4. The van der Waals surface area contributed by atoms with E-state index < -0.39 is 15.9 Å². The Morgan fingerprint density at radius 1 is 1.09 bits per heavy atom. The number of carbonyl (C=O) groups is 1. The van der Waals surface area contributed by atoms with Gasteiger partial charge in [0, 0.05) is 13.1 Å². The molecule has 1 saturated heterocycles. The van der Waals surface area contributed by atoms with Crippen LogP contribution in [0.2, 0.25) is 5.02 Å². The van der Waals surface area contributed by atoms with Crippen LogP contribution in [0, 0.1) is 0 Å². The van der Waals surface area contributed by atoms with E-state index in [4.69, 9.17) is 16.3 Å². The van der Waals surface area contributed by atoms with Crippen LogP contribution >= 0.6 is 11.6 Å². The van der Waals surface area contributed by atoms with E-state index in [0.29, 0.717) is 18.0 Å². The number of hydrogen-bond donors (Lipinski definition) is 1. The Morgan fingerprint density at radius 2 is 1.75 bits per heavy atom. The van der Waals surface area contributed by atoms with Gasteiger partial charge >= 0.3 is 0 Å². The number of carbonyl (C=O) groups excluding carboxylic acids is 1. The average Bonchev–Trinajstić information content (AvgIpc) is 2.77. The molecule has 0 radical (unpaired) electrons. The number of nitrogens with zero attached hydrogens (tertiary/aromatic N) is 2. The van der Waals surface area contributed by atoms with Gasteiger partial charge in [-0.15, -0.1) is 0 Å². The normalized spacial score (nSPS) is 14.7. The summed E-state index contributed by atoms with van der Waals surface area (Å²) in [5, 5.41) is 3.06. The number of sulfonamides is 1. The summed E-state index contributed by atoms with van der Waals surface area (Å²) in [6, 6.07) is 12.7. The van der Waals surface area contributed by atoms with Crippen LogP contribution in [0.4, 0.5) is 5.69 Å². The fourth-order valence-corrected chi connectivity index (χ4v) is 4.84. The van der Waals surface area contributed by atoms with Gasteiger partial charge in [-0.05, 0) is 55.3 Å². The Labute approximate surface area is 195 Å². The zero-order chi connectivity index (χ0) is 23.1. The van der Waals surface area contributed by atoms with Crippen LogP contribution in [0.1, 0.15) is 30.4 Å². The molecular formula is C23H30ClN3O4S. The maximum Gasteiger partial charge on any atom is 0.241 e. The van der Waals surface area contributed by atoms with Crippen molar-refractivity contribution in [1.29, 1.82) is 0 Å². The number of piperidine rings is 1. The van der Waals surface area contributed by atoms with Gasteiger partial charge < -0.3 is 10.1 Å². The number of benzene rings is 2. The molecular weight excluding hydrogens is 450 g/mol. The Balaban J connectivity index is 1.57. The van der Waals surface area contributed by atoms with Gasteiger partial charge in [0.1, 0.15) is 12.3 Å². The molecule has 0 atom stereocenters. The van der Waals surface area contributed by atoms with Gasteiger partial charge in [0.05, 0.1) is 24.1 Å². The Kier molecular flexibility index (Phi) is 8.39. The van der Waals surface area contributed by atoms with E-state index in [-0.39, 0.29) is 11.6 Å². The van der Waals surface area contributed by atoms with Crippen molar-refractivity contribution in [1.82, 2.24) is 10.2 Å². The van der Waals surface area contributed by atoms with Crippen LogP contribution < -0.4 is 14.4 Å². The number of methoxy groups -OCH3 is 1. The lowest BCUT2D eigenvalue weighted by atomic mass is 10.1. The Bertz CT molecular complexity index is 1020. The Hall–Kier alpha value is -2.29. The highest BCUT2D eigenvalue weighted by Crippen LogP contribution is 2.30. The van der Waals surface area contributed by atoms with E-state index >= 15 is 0 Å². The molecule has 0 spiro atoms. The Morgan fingerprint density at radius 3 is 2.34 bits per heavy atom. The number of amides is 1. The van der Waals surface area contributed by atoms with E-state index in [1.807, 2.05) is 12.1 Å². The number of likely N-dealkylation sites (tertiary alicyclic amines) is 1. The first-order valence-electron chi connectivity index (χ1n) is 10.6. The zero-order valence-electron chi connectivity index (χ0n) is 18.5. The molecule has 7 nitrogen and oxygen atoms in total. The molecule has 0 aromatic heterocycles. The number of rotatable bonds is 9. The van der Waals surface area contributed by atoms with Crippen molar-refractivity contribution in [2.75, 3.05) is 37.3 Å². The van der Waals surface area contributed by atoms with E-state index in [0.717, 1.165) is 35.8 Å². The molecule has 1 heterocycles. The van der Waals surface area contributed by atoms with E-state index in [1.165, 1.54) is 38.0 Å². The fraction of sp³-hybridized carbons (Fsp3) is 0.435. The average molecular weight is 480 g/mol. The molecule has 0 aliphatic carbocycles. The molecule has 32 heavy (non-hydrogen) atoms. The highest BCUT2D eigenvalue weighted by Gasteiger charge is 2.22. The monoisotopic (exact) mass is 479 g/mol. The highest BCUT2D eigenvalue weighted by atomic mass is 35.5. The minimum absolute atomic E-state index is 0.267. The number of halogens is 1. The summed E-state index contributed by atoms with van der Waals surface area (Å²) in [6.07, 6.45) is 4.89. The molecule has 1 N–H and O–H groups in total. The van der Waals surface area contributed by atoms with Gasteiger partial charge in [0.2, 0.25) is 15.9 Å². The van der Waals surface area contributed by atoms with E-state index in [9.17, 15) is 13.2 Å². The van der Waals surface area contributed by atoms with E-state index in [2.05, 4.69) is 22.3 Å². The molecule has 0 bridgehead atoms. The van der Waals surface area contributed by atoms with Crippen molar-refractivity contribution < 1.29 is 17.9 Å². The molecule has 3 rings (SSSR count). The molecule has 2 aromatic rings. The van der Waals surface area contributed by atoms with Crippen LogP contribution in [0.5, 0.6) is 5.75 Å². The summed E-state index contributed by atoms with van der Waals surface area (Å²) in [4.78, 5) is 15.0. The summed E-state index contributed by atoms with van der Waals surface area (Å²) >= 11 is 6.13. The van der Waals surface area contributed by atoms with Crippen LogP contribution in [0.3, 0.4) is 0 Å². The first-order valence-corrected chi connectivity index (χ1v) is 12.9. The van der Waals surface area contributed by atoms with Crippen molar-refractivity contribution in [3.05, 3.63) is 58.6 Å².